The van der Waals surface area contributed by atoms with Crippen LogP contribution in [0.25, 0.3) is 0 Å². The molecule has 1 N–H and O–H groups in total. The number of hydrogen-bond donors (Lipinski definition) is 1. The van der Waals surface area contributed by atoms with E-state index in [9.17, 15) is 9.90 Å². The number of carbonyl (C=O) groups excluding carboxylic acids is 1. The predicted molar refractivity (Wildman–Crippen MR) is 53.8 cm³/mol. The molecular formula is C11H20O3. The van der Waals surface area contributed by atoms with Gasteiger partial charge in [0, 0.05) is 0 Å². The normalized spacial score (nSPS) is 29.0. The first-order valence-electron chi connectivity index (χ1n) is 5.60. The largest absolute Gasteiger partial charge is 0.466 e. The maximum absolute atomic E-state index is 11.5. The van der Waals surface area contributed by atoms with Crippen LogP contribution in [0.15, 0.2) is 0 Å². The van der Waals surface area contributed by atoms with E-state index in [1.807, 2.05) is 0 Å². The van der Waals surface area contributed by atoms with Crippen LogP contribution in [-0.2, 0) is 9.53 Å². The highest BCUT2D eigenvalue weighted by Gasteiger charge is 2.28. The average molecular weight is 200 g/mol. The molecule has 0 radical (unpaired) electrons. The minimum Gasteiger partial charge on any atom is -0.466 e. The summed E-state index contributed by atoms with van der Waals surface area (Å²) in [6.45, 7) is 2.20. The van der Waals surface area contributed by atoms with Crippen molar-refractivity contribution in [2.75, 3.05) is 6.61 Å². The van der Waals surface area contributed by atoms with Crippen LogP contribution in [0.4, 0.5) is 0 Å². The molecule has 3 heteroatoms. The van der Waals surface area contributed by atoms with E-state index in [4.69, 9.17) is 4.74 Å². The number of aliphatic hydroxyl groups excluding tert-OH is 1. The molecule has 0 saturated heterocycles. The minimum atomic E-state index is -0.491. The third kappa shape index (κ3) is 3.29. The van der Waals surface area contributed by atoms with E-state index in [0.29, 0.717) is 6.61 Å². The maximum atomic E-state index is 11.5. The monoisotopic (exact) mass is 200 g/mol. The van der Waals surface area contributed by atoms with E-state index in [2.05, 4.69) is 0 Å². The van der Waals surface area contributed by atoms with Crippen LogP contribution in [0.1, 0.15) is 45.4 Å². The van der Waals surface area contributed by atoms with Gasteiger partial charge in [0.25, 0.3) is 0 Å². The van der Waals surface area contributed by atoms with Crippen molar-refractivity contribution in [1.82, 2.24) is 0 Å². The molecular weight excluding hydrogens is 180 g/mol. The first-order chi connectivity index (χ1) is 6.75. The summed E-state index contributed by atoms with van der Waals surface area (Å²) in [6, 6.07) is 0. The fourth-order valence-corrected chi connectivity index (χ4v) is 1.99. The van der Waals surface area contributed by atoms with Crippen molar-refractivity contribution in [3.8, 4) is 0 Å². The van der Waals surface area contributed by atoms with Crippen LogP contribution in [0, 0.1) is 5.92 Å². The topological polar surface area (TPSA) is 46.5 Å². The lowest BCUT2D eigenvalue weighted by atomic mass is 9.89. The maximum Gasteiger partial charge on any atom is 0.311 e. The van der Waals surface area contributed by atoms with Gasteiger partial charge in [0.15, 0.2) is 0 Å². The third-order valence-electron chi connectivity index (χ3n) is 2.82. The Labute approximate surface area is 85.5 Å². The SMILES string of the molecule is CCOC(=O)[C@H]1CCCCCC[C@H]1O. The number of rotatable bonds is 2. The fourth-order valence-electron chi connectivity index (χ4n) is 1.99. The van der Waals surface area contributed by atoms with Crippen LogP contribution in [-0.4, -0.2) is 23.8 Å². The number of carbonyl (C=O) groups is 1. The zero-order valence-electron chi connectivity index (χ0n) is 8.87. The lowest BCUT2D eigenvalue weighted by Crippen LogP contribution is -2.30. The summed E-state index contributed by atoms with van der Waals surface area (Å²) in [5.74, 6) is -0.503. The molecule has 1 rings (SSSR count). The second-order valence-corrected chi connectivity index (χ2v) is 3.92. The number of esters is 1. The summed E-state index contributed by atoms with van der Waals surface area (Å²) in [6.07, 6.45) is 5.42. The molecule has 0 aromatic rings. The van der Waals surface area contributed by atoms with Crippen molar-refractivity contribution >= 4 is 5.97 Å². The van der Waals surface area contributed by atoms with E-state index in [0.717, 1.165) is 25.7 Å². The Morgan fingerprint density at radius 1 is 1.29 bits per heavy atom. The zero-order chi connectivity index (χ0) is 10.4. The van der Waals surface area contributed by atoms with Crippen LogP contribution < -0.4 is 0 Å². The molecule has 0 aromatic heterocycles. The number of hydrogen-bond acceptors (Lipinski definition) is 3. The van der Waals surface area contributed by atoms with Gasteiger partial charge in [-0.1, -0.05) is 25.7 Å². The molecule has 0 amide bonds. The molecule has 82 valence electrons. The van der Waals surface area contributed by atoms with Gasteiger partial charge in [-0.05, 0) is 19.8 Å². The smallest absolute Gasteiger partial charge is 0.311 e. The summed E-state index contributed by atoms with van der Waals surface area (Å²) < 4.78 is 4.95. The third-order valence-corrected chi connectivity index (χ3v) is 2.82. The van der Waals surface area contributed by atoms with E-state index in [1.54, 1.807) is 6.92 Å². The predicted octanol–water partition coefficient (Wildman–Crippen LogP) is 1.88. The highest BCUT2D eigenvalue weighted by atomic mass is 16.5. The molecule has 1 saturated carbocycles. The van der Waals surface area contributed by atoms with Crippen molar-refractivity contribution in [2.45, 2.75) is 51.6 Å². The van der Waals surface area contributed by atoms with Crippen molar-refractivity contribution in [2.24, 2.45) is 5.92 Å². The average Bonchev–Trinajstić information content (AvgIpc) is 2.12. The second-order valence-electron chi connectivity index (χ2n) is 3.92. The highest BCUT2D eigenvalue weighted by Crippen LogP contribution is 2.23. The molecule has 0 heterocycles. The minimum absolute atomic E-state index is 0.220. The van der Waals surface area contributed by atoms with Gasteiger partial charge in [-0.2, -0.15) is 0 Å². The summed E-state index contributed by atoms with van der Waals surface area (Å²) in [5, 5.41) is 9.77. The Morgan fingerprint density at radius 3 is 2.57 bits per heavy atom. The summed E-state index contributed by atoms with van der Waals surface area (Å²) >= 11 is 0. The van der Waals surface area contributed by atoms with E-state index in [-0.39, 0.29) is 11.9 Å². The van der Waals surface area contributed by atoms with Crippen LogP contribution >= 0.6 is 0 Å². The van der Waals surface area contributed by atoms with Crippen LogP contribution in [0.5, 0.6) is 0 Å². The number of ether oxygens (including phenoxy) is 1. The van der Waals surface area contributed by atoms with E-state index >= 15 is 0 Å². The Kier molecular flexibility index (Phi) is 4.94. The summed E-state index contributed by atoms with van der Waals surface area (Å²) in [4.78, 5) is 11.5. The lowest BCUT2D eigenvalue weighted by molar-refractivity contribution is -0.152. The fraction of sp³-hybridized carbons (Fsp3) is 0.909. The van der Waals surface area contributed by atoms with Gasteiger partial charge in [0.1, 0.15) is 0 Å². The van der Waals surface area contributed by atoms with Crippen molar-refractivity contribution < 1.29 is 14.6 Å². The summed E-state index contributed by atoms with van der Waals surface area (Å²) in [7, 11) is 0. The Morgan fingerprint density at radius 2 is 1.93 bits per heavy atom. The molecule has 14 heavy (non-hydrogen) atoms. The van der Waals surface area contributed by atoms with Gasteiger partial charge in [0.05, 0.1) is 18.6 Å². The van der Waals surface area contributed by atoms with Gasteiger partial charge in [-0.25, -0.2) is 0 Å². The summed E-state index contributed by atoms with van der Waals surface area (Å²) in [5.41, 5.74) is 0. The van der Waals surface area contributed by atoms with Gasteiger partial charge < -0.3 is 9.84 Å². The van der Waals surface area contributed by atoms with Crippen molar-refractivity contribution in [3.63, 3.8) is 0 Å². The highest BCUT2D eigenvalue weighted by molar-refractivity contribution is 5.73. The van der Waals surface area contributed by atoms with Gasteiger partial charge in [-0.3, -0.25) is 4.79 Å². The molecule has 1 aliphatic carbocycles. The zero-order valence-corrected chi connectivity index (χ0v) is 8.87. The van der Waals surface area contributed by atoms with Crippen LogP contribution in [0.3, 0.4) is 0 Å². The molecule has 0 aromatic carbocycles. The van der Waals surface area contributed by atoms with E-state index in [1.165, 1.54) is 12.8 Å². The molecule has 0 aliphatic heterocycles. The van der Waals surface area contributed by atoms with Crippen molar-refractivity contribution in [3.05, 3.63) is 0 Å². The molecule has 1 fully saturated rings. The first-order valence-corrected chi connectivity index (χ1v) is 5.60. The molecule has 1 aliphatic rings. The first kappa shape index (κ1) is 11.5. The molecule has 2 atom stereocenters. The van der Waals surface area contributed by atoms with E-state index < -0.39 is 6.10 Å². The molecule has 0 spiro atoms. The standard InChI is InChI=1S/C11H20O3/c1-2-14-11(13)9-7-5-3-4-6-8-10(9)12/h9-10,12H,2-8H2,1H3/t9-,10+/m0/s1. The number of aliphatic hydroxyl groups is 1. The van der Waals surface area contributed by atoms with Crippen LogP contribution in [0.2, 0.25) is 0 Å². The molecule has 0 unspecified atom stereocenters. The Bertz CT molecular complexity index is 179. The Balaban J connectivity index is 2.48. The Hall–Kier alpha value is -0.570. The molecule has 3 nitrogen and oxygen atoms in total. The van der Waals surface area contributed by atoms with Gasteiger partial charge >= 0.3 is 5.97 Å². The van der Waals surface area contributed by atoms with Crippen molar-refractivity contribution in [1.29, 1.82) is 0 Å². The second kappa shape index (κ2) is 6.02. The molecule has 0 bridgehead atoms. The van der Waals surface area contributed by atoms with Gasteiger partial charge in [-0.15, -0.1) is 0 Å². The lowest BCUT2D eigenvalue weighted by Gasteiger charge is -2.23. The quantitative estimate of drug-likeness (QED) is 0.692. The van der Waals surface area contributed by atoms with Gasteiger partial charge in [0.2, 0.25) is 0 Å².